The summed E-state index contributed by atoms with van der Waals surface area (Å²) in [7, 11) is 0. The third-order valence-electron chi connectivity index (χ3n) is 4.54. The number of halogens is 3. The molecule has 0 spiro atoms. The lowest BCUT2D eigenvalue weighted by Gasteiger charge is -2.14. The number of aromatic nitrogens is 3. The lowest BCUT2D eigenvalue weighted by Crippen LogP contribution is -2.19. The van der Waals surface area contributed by atoms with E-state index in [4.69, 9.17) is 4.74 Å². The Hall–Kier alpha value is -2.74. The first-order valence-electron chi connectivity index (χ1n) is 8.67. The van der Waals surface area contributed by atoms with Crippen LogP contribution in [0.3, 0.4) is 0 Å². The average Bonchev–Trinajstić information content (AvgIpc) is 3.19. The number of anilines is 1. The highest BCUT2D eigenvalue weighted by molar-refractivity contribution is 5.99. The highest BCUT2D eigenvalue weighted by Crippen LogP contribution is 2.32. The summed E-state index contributed by atoms with van der Waals surface area (Å²) in [5, 5.41) is 13.4. The van der Waals surface area contributed by atoms with Crippen LogP contribution in [0, 0.1) is 0 Å². The van der Waals surface area contributed by atoms with Crippen LogP contribution in [-0.2, 0) is 10.9 Å². The number of hydrogen-bond acceptors (Lipinski definition) is 5. The summed E-state index contributed by atoms with van der Waals surface area (Å²) >= 11 is 0. The van der Waals surface area contributed by atoms with Crippen LogP contribution in [0.4, 0.5) is 19.0 Å². The van der Waals surface area contributed by atoms with E-state index >= 15 is 0 Å². The molecule has 1 fully saturated rings. The normalized spacial score (nSPS) is 17.4. The molecule has 1 unspecified atom stereocenters. The molecule has 1 atom stereocenters. The Kier molecular flexibility index (Phi) is 4.65. The van der Waals surface area contributed by atoms with Crippen molar-refractivity contribution >= 4 is 16.6 Å². The number of nitrogens with zero attached hydrogens (tertiary/aromatic N) is 3. The quantitative estimate of drug-likeness (QED) is 0.738. The van der Waals surface area contributed by atoms with E-state index in [-0.39, 0.29) is 6.10 Å². The molecule has 4 rings (SSSR count). The molecule has 140 valence electrons. The summed E-state index contributed by atoms with van der Waals surface area (Å²) in [6.07, 6.45) is -1.07. The minimum absolute atomic E-state index is 0.157. The Balaban J connectivity index is 1.67. The third-order valence-corrected chi connectivity index (χ3v) is 4.54. The van der Waals surface area contributed by atoms with E-state index in [0.717, 1.165) is 36.3 Å². The molecule has 1 N–H and O–H groups in total. The lowest BCUT2D eigenvalue weighted by molar-refractivity contribution is -0.141. The van der Waals surface area contributed by atoms with Gasteiger partial charge in [0.05, 0.1) is 6.10 Å². The van der Waals surface area contributed by atoms with Gasteiger partial charge in [-0.3, -0.25) is 4.98 Å². The standard InChI is InChI=1S/C19H17F3N4O/c20-19(21,22)16-8-7-12(10-23-16)17-14-5-1-2-6-15(14)18(26-25-17)24-11-13-4-3-9-27-13/h1-2,5-8,10,13H,3-4,9,11H2,(H,24,26). The number of alkyl halides is 3. The molecule has 5 nitrogen and oxygen atoms in total. The number of hydrogen-bond donors (Lipinski definition) is 1. The molecular formula is C19H17F3N4O. The molecule has 3 heterocycles. The van der Waals surface area contributed by atoms with Gasteiger partial charge in [-0.2, -0.15) is 13.2 Å². The van der Waals surface area contributed by atoms with Gasteiger partial charge in [0.25, 0.3) is 0 Å². The molecule has 0 radical (unpaired) electrons. The molecule has 2 aromatic heterocycles. The number of nitrogens with one attached hydrogen (secondary N) is 1. The van der Waals surface area contributed by atoms with Crippen molar-refractivity contribution in [2.45, 2.75) is 25.1 Å². The van der Waals surface area contributed by atoms with Crippen molar-refractivity contribution in [1.29, 1.82) is 0 Å². The Morgan fingerprint density at radius 1 is 1.07 bits per heavy atom. The van der Waals surface area contributed by atoms with Crippen LogP contribution >= 0.6 is 0 Å². The first kappa shape index (κ1) is 17.7. The summed E-state index contributed by atoms with van der Waals surface area (Å²) in [6, 6.07) is 9.84. The average molecular weight is 374 g/mol. The molecule has 1 aromatic carbocycles. The Bertz CT molecular complexity index is 938. The number of ether oxygens (including phenoxy) is 1. The zero-order valence-corrected chi connectivity index (χ0v) is 14.3. The molecule has 0 saturated carbocycles. The highest BCUT2D eigenvalue weighted by atomic mass is 19.4. The SMILES string of the molecule is FC(F)(F)c1ccc(-c2nnc(NCC3CCCO3)c3ccccc23)cn1. The second-order valence-electron chi connectivity index (χ2n) is 6.39. The van der Waals surface area contributed by atoms with E-state index in [1.165, 1.54) is 12.3 Å². The number of pyridine rings is 1. The van der Waals surface area contributed by atoms with Crippen LogP contribution in [0.25, 0.3) is 22.0 Å². The molecule has 0 amide bonds. The first-order chi connectivity index (χ1) is 13.0. The van der Waals surface area contributed by atoms with E-state index < -0.39 is 11.9 Å². The van der Waals surface area contributed by atoms with Crippen molar-refractivity contribution in [1.82, 2.24) is 15.2 Å². The fourth-order valence-electron chi connectivity index (χ4n) is 3.17. The predicted molar refractivity (Wildman–Crippen MR) is 95.2 cm³/mol. The van der Waals surface area contributed by atoms with Crippen molar-refractivity contribution in [2.75, 3.05) is 18.5 Å². The molecule has 1 aliphatic heterocycles. The molecule has 0 bridgehead atoms. The summed E-state index contributed by atoms with van der Waals surface area (Å²) in [6.45, 7) is 1.42. The Labute approximate surface area is 153 Å². The van der Waals surface area contributed by atoms with Crippen molar-refractivity contribution in [3.8, 4) is 11.3 Å². The van der Waals surface area contributed by atoms with Gasteiger partial charge in [-0.15, -0.1) is 10.2 Å². The second kappa shape index (κ2) is 7.11. The molecule has 8 heteroatoms. The minimum Gasteiger partial charge on any atom is -0.376 e. The fourth-order valence-corrected chi connectivity index (χ4v) is 3.17. The van der Waals surface area contributed by atoms with Gasteiger partial charge in [0, 0.05) is 35.7 Å². The van der Waals surface area contributed by atoms with E-state index in [1.54, 1.807) is 0 Å². The molecular weight excluding hydrogens is 357 g/mol. The molecule has 1 aliphatic rings. The zero-order chi connectivity index (χ0) is 18.9. The molecule has 1 saturated heterocycles. The van der Waals surface area contributed by atoms with Crippen LogP contribution in [0.15, 0.2) is 42.6 Å². The van der Waals surface area contributed by atoms with E-state index in [9.17, 15) is 13.2 Å². The fraction of sp³-hybridized carbons (Fsp3) is 0.316. The molecule has 0 aliphatic carbocycles. The third kappa shape index (κ3) is 3.71. The smallest absolute Gasteiger partial charge is 0.376 e. The number of benzene rings is 1. The predicted octanol–water partition coefficient (Wildman–Crippen LogP) is 4.30. The number of fused-ring (bicyclic) bond motifs is 1. The summed E-state index contributed by atoms with van der Waals surface area (Å²) in [5.41, 5.74) is 0.0465. The monoisotopic (exact) mass is 374 g/mol. The maximum absolute atomic E-state index is 12.7. The summed E-state index contributed by atoms with van der Waals surface area (Å²) < 4.78 is 43.8. The van der Waals surface area contributed by atoms with E-state index in [1.807, 2.05) is 24.3 Å². The Morgan fingerprint density at radius 2 is 1.89 bits per heavy atom. The van der Waals surface area contributed by atoms with Crippen LogP contribution < -0.4 is 5.32 Å². The largest absolute Gasteiger partial charge is 0.433 e. The van der Waals surface area contributed by atoms with Crippen LogP contribution in [0.1, 0.15) is 18.5 Å². The Morgan fingerprint density at radius 3 is 2.56 bits per heavy atom. The summed E-state index contributed by atoms with van der Waals surface area (Å²) in [4.78, 5) is 3.52. The zero-order valence-electron chi connectivity index (χ0n) is 14.3. The lowest BCUT2D eigenvalue weighted by atomic mass is 10.1. The van der Waals surface area contributed by atoms with Gasteiger partial charge in [0.15, 0.2) is 5.82 Å². The van der Waals surface area contributed by atoms with Crippen molar-refractivity contribution in [2.24, 2.45) is 0 Å². The maximum Gasteiger partial charge on any atom is 0.433 e. The number of rotatable bonds is 4. The summed E-state index contributed by atoms with van der Waals surface area (Å²) in [5.74, 6) is 0.629. The van der Waals surface area contributed by atoms with E-state index in [0.29, 0.717) is 23.6 Å². The topological polar surface area (TPSA) is 59.9 Å². The van der Waals surface area contributed by atoms with Gasteiger partial charge in [0.2, 0.25) is 0 Å². The van der Waals surface area contributed by atoms with Crippen molar-refractivity contribution in [3.63, 3.8) is 0 Å². The molecule has 27 heavy (non-hydrogen) atoms. The maximum atomic E-state index is 12.7. The van der Waals surface area contributed by atoms with Crippen molar-refractivity contribution in [3.05, 3.63) is 48.3 Å². The van der Waals surface area contributed by atoms with Gasteiger partial charge in [-0.05, 0) is 25.0 Å². The van der Waals surface area contributed by atoms with Gasteiger partial charge in [-0.1, -0.05) is 24.3 Å². The van der Waals surface area contributed by atoms with Gasteiger partial charge in [0.1, 0.15) is 11.4 Å². The van der Waals surface area contributed by atoms with Crippen molar-refractivity contribution < 1.29 is 17.9 Å². The first-order valence-corrected chi connectivity index (χ1v) is 8.67. The minimum atomic E-state index is -4.47. The molecule has 3 aromatic rings. The van der Waals surface area contributed by atoms with Crippen LogP contribution in [-0.4, -0.2) is 34.4 Å². The van der Waals surface area contributed by atoms with Crippen LogP contribution in [0.2, 0.25) is 0 Å². The van der Waals surface area contributed by atoms with Gasteiger partial charge >= 0.3 is 6.18 Å². The van der Waals surface area contributed by atoms with E-state index in [2.05, 4.69) is 20.5 Å². The van der Waals surface area contributed by atoms with Crippen LogP contribution in [0.5, 0.6) is 0 Å². The highest BCUT2D eigenvalue weighted by Gasteiger charge is 2.32. The van der Waals surface area contributed by atoms with Gasteiger partial charge < -0.3 is 10.1 Å². The van der Waals surface area contributed by atoms with Gasteiger partial charge in [-0.25, -0.2) is 0 Å². The second-order valence-corrected chi connectivity index (χ2v) is 6.39.